The lowest BCUT2D eigenvalue weighted by atomic mass is 10.4. The van der Waals surface area contributed by atoms with Gasteiger partial charge in [-0.15, -0.1) is 13.1 Å². The second-order valence-corrected chi connectivity index (χ2v) is 1.42. The third-order valence-electron chi connectivity index (χ3n) is 0.893. The predicted molar refractivity (Wildman–Crippen MR) is 26.0 cm³/mol. The van der Waals surface area contributed by atoms with Gasteiger partial charge in [0.1, 0.15) is 0 Å². The first kappa shape index (κ1) is 4.09. The van der Waals surface area contributed by atoms with Gasteiger partial charge >= 0.3 is 0 Å². The van der Waals surface area contributed by atoms with E-state index in [0.29, 0.717) is 0 Å². The van der Waals surface area contributed by atoms with E-state index < -0.39 is 0 Å². The molecule has 0 bridgehead atoms. The molecule has 2 nitrogen and oxygen atoms in total. The van der Waals surface area contributed by atoms with Gasteiger partial charge in [-0.3, -0.25) is 0 Å². The van der Waals surface area contributed by atoms with E-state index in [1.807, 2.05) is 0 Å². The smallest absolute Gasteiger partial charge is 0.0238 e. The molecule has 1 rings (SSSR count). The number of rotatable bonds is 0. The molecule has 0 radical (unpaired) electrons. The highest BCUT2D eigenvalue weighted by Gasteiger charge is 1.81. The van der Waals surface area contributed by atoms with Gasteiger partial charge in [-0.25, -0.2) is 0 Å². The summed E-state index contributed by atoms with van der Waals surface area (Å²) < 4.78 is 0. The second kappa shape index (κ2) is 2.16. The number of nitrogens with one attached hydrogen (secondary N) is 1. The van der Waals surface area contributed by atoms with Crippen molar-refractivity contribution < 1.29 is 0 Å². The highest BCUT2D eigenvalue weighted by Crippen LogP contribution is 1.86. The fraction of sp³-hybridized carbons (Fsp3) is 1.00. The van der Waals surface area contributed by atoms with Gasteiger partial charge in [0.25, 0.3) is 0 Å². The van der Waals surface area contributed by atoms with E-state index in [1.54, 1.807) is 0 Å². The first-order valence-corrected chi connectivity index (χ1v) is 2.34. The molecule has 2 heteroatoms. The van der Waals surface area contributed by atoms with Crippen molar-refractivity contribution in [1.82, 2.24) is 5.32 Å². The van der Waals surface area contributed by atoms with E-state index in [1.165, 1.54) is 0 Å². The zero-order valence-corrected chi connectivity index (χ0v) is 3.78. The maximum atomic E-state index is 4.11. The zero-order chi connectivity index (χ0) is 4.24. The van der Waals surface area contributed by atoms with E-state index in [2.05, 4.69) is 10.6 Å². The standard InChI is InChI=1S/C4H9N2/c1-2-6-4-3-5-1/h5H,1-4H2/q-1. The summed E-state index contributed by atoms with van der Waals surface area (Å²) in [6.45, 7) is 4.19. The Labute approximate surface area is 37.9 Å². The normalized spacial score (nSPS) is 24.0. The Bertz CT molecular complexity index is 21.0. The lowest BCUT2D eigenvalue weighted by Crippen LogP contribution is -2.27. The van der Waals surface area contributed by atoms with Crippen LogP contribution < -0.4 is 5.32 Å². The van der Waals surface area contributed by atoms with Gasteiger partial charge in [0.15, 0.2) is 0 Å². The first-order chi connectivity index (χ1) is 3.00. The summed E-state index contributed by atoms with van der Waals surface area (Å²) >= 11 is 0. The average molecular weight is 85.1 g/mol. The topological polar surface area (TPSA) is 26.1 Å². The number of hydrogen-bond acceptors (Lipinski definition) is 1. The monoisotopic (exact) mass is 85.1 g/mol. The predicted octanol–water partition coefficient (Wildman–Crippen LogP) is -0.0367. The minimum absolute atomic E-state index is 1.01. The molecule has 0 aromatic carbocycles. The molecule has 0 saturated carbocycles. The highest BCUT2D eigenvalue weighted by atomic mass is 15.0. The Morgan fingerprint density at radius 1 is 1.17 bits per heavy atom. The molecule has 1 aliphatic rings. The van der Waals surface area contributed by atoms with Crippen LogP contribution in [0.3, 0.4) is 0 Å². The molecular formula is C4H9N2-. The maximum absolute atomic E-state index is 4.11. The molecule has 1 saturated heterocycles. The summed E-state index contributed by atoms with van der Waals surface area (Å²) in [5.74, 6) is 0. The minimum Gasteiger partial charge on any atom is -0.660 e. The van der Waals surface area contributed by atoms with Gasteiger partial charge in [-0.05, 0) is 13.1 Å². The largest absolute Gasteiger partial charge is 0.660 e. The van der Waals surface area contributed by atoms with Crippen molar-refractivity contribution in [3.63, 3.8) is 0 Å². The van der Waals surface area contributed by atoms with E-state index in [9.17, 15) is 0 Å². The molecule has 0 aromatic rings. The summed E-state index contributed by atoms with van der Waals surface area (Å²) in [4.78, 5) is 0. The van der Waals surface area contributed by atoms with Crippen molar-refractivity contribution in [2.24, 2.45) is 0 Å². The molecule has 0 unspecified atom stereocenters. The van der Waals surface area contributed by atoms with Crippen LogP contribution in [0.2, 0.25) is 0 Å². The van der Waals surface area contributed by atoms with E-state index in [-0.39, 0.29) is 0 Å². The van der Waals surface area contributed by atoms with E-state index >= 15 is 0 Å². The van der Waals surface area contributed by atoms with Gasteiger partial charge in [0, 0.05) is 0 Å². The van der Waals surface area contributed by atoms with Crippen molar-refractivity contribution >= 4 is 0 Å². The van der Waals surface area contributed by atoms with Crippen molar-refractivity contribution in [2.45, 2.75) is 0 Å². The molecule has 0 aliphatic carbocycles. The third kappa shape index (κ3) is 0.954. The Balaban J connectivity index is 2.00. The first-order valence-electron chi connectivity index (χ1n) is 2.34. The van der Waals surface area contributed by atoms with E-state index in [4.69, 9.17) is 0 Å². The van der Waals surface area contributed by atoms with Crippen molar-refractivity contribution in [3.05, 3.63) is 5.32 Å². The molecular weight excluding hydrogens is 76.1 g/mol. The fourth-order valence-corrected chi connectivity index (χ4v) is 0.553. The van der Waals surface area contributed by atoms with Crippen molar-refractivity contribution in [1.29, 1.82) is 0 Å². The molecule has 0 atom stereocenters. The van der Waals surface area contributed by atoms with Crippen LogP contribution in [-0.2, 0) is 0 Å². The quantitative estimate of drug-likeness (QED) is 0.439. The van der Waals surface area contributed by atoms with Gasteiger partial charge in [0.2, 0.25) is 0 Å². The van der Waals surface area contributed by atoms with Crippen LogP contribution in [0, 0.1) is 0 Å². The van der Waals surface area contributed by atoms with Crippen LogP contribution in [0.15, 0.2) is 0 Å². The maximum Gasteiger partial charge on any atom is -0.0238 e. The molecule has 0 aromatic heterocycles. The van der Waals surface area contributed by atoms with Gasteiger partial charge in [-0.1, -0.05) is 0 Å². The third-order valence-corrected chi connectivity index (χ3v) is 0.893. The molecule has 1 aliphatic heterocycles. The van der Waals surface area contributed by atoms with Crippen LogP contribution in [0.5, 0.6) is 0 Å². The van der Waals surface area contributed by atoms with Gasteiger partial charge in [0.05, 0.1) is 0 Å². The lowest BCUT2D eigenvalue weighted by molar-refractivity contribution is 0.673. The molecule has 1 fully saturated rings. The second-order valence-electron chi connectivity index (χ2n) is 1.42. The molecule has 0 amide bonds. The number of hydrogen-bond donors (Lipinski definition) is 1. The Kier molecular flexibility index (Phi) is 1.47. The SMILES string of the molecule is C1CNCC[N-]1. The molecule has 0 spiro atoms. The van der Waals surface area contributed by atoms with Gasteiger partial charge in [-0.2, -0.15) is 0 Å². The minimum atomic E-state index is 1.01. The summed E-state index contributed by atoms with van der Waals surface area (Å²) in [6, 6.07) is 0. The molecule has 6 heavy (non-hydrogen) atoms. The van der Waals surface area contributed by atoms with Crippen LogP contribution in [-0.4, -0.2) is 26.2 Å². The Morgan fingerprint density at radius 2 is 1.83 bits per heavy atom. The molecule has 1 heterocycles. The van der Waals surface area contributed by atoms with Crippen LogP contribution >= 0.6 is 0 Å². The summed E-state index contributed by atoms with van der Waals surface area (Å²) in [5, 5.41) is 7.31. The summed E-state index contributed by atoms with van der Waals surface area (Å²) in [5.41, 5.74) is 0. The summed E-state index contributed by atoms with van der Waals surface area (Å²) in [7, 11) is 0. The van der Waals surface area contributed by atoms with Crippen LogP contribution in [0.4, 0.5) is 0 Å². The van der Waals surface area contributed by atoms with Gasteiger partial charge < -0.3 is 10.6 Å². The molecule has 36 valence electrons. The number of piperazine rings is 1. The highest BCUT2D eigenvalue weighted by molar-refractivity contribution is 4.85. The van der Waals surface area contributed by atoms with Crippen molar-refractivity contribution in [2.75, 3.05) is 26.2 Å². The average Bonchev–Trinajstić information content (AvgIpc) is 1.72. The Hall–Kier alpha value is -0.0800. The zero-order valence-electron chi connectivity index (χ0n) is 3.78. The van der Waals surface area contributed by atoms with Crippen molar-refractivity contribution in [3.8, 4) is 0 Å². The fourth-order valence-electron chi connectivity index (χ4n) is 0.553. The van der Waals surface area contributed by atoms with Crippen LogP contribution in [0.25, 0.3) is 5.32 Å². The summed E-state index contributed by atoms with van der Waals surface area (Å²) in [6.07, 6.45) is 0. The number of nitrogens with zero attached hydrogens (tertiary/aromatic N) is 1. The molecule has 1 N–H and O–H groups in total. The Morgan fingerprint density at radius 3 is 2.00 bits per heavy atom. The lowest BCUT2D eigenvalue weighted by Gasteiger charge is -2.24. The van der Waals surface area contributed by atoms with Crippen LogP contribution in [0.1, 0.15) is 0 Å². The van der Waals surface area contributed by atoms with E-state index in [0.717, 1.165) is 26.2 Å².